The van der Waals surface area contributed by atoms with Crippen LogP contribution in [0.4, 0.5) is 0 Å². The highest BCUT2D eigenvalue weighted by Gasteiger charge is 2.74. The van der Waals surface area contributed by atoms with E-state index in [1.165, 1.54) is 32.9 Å². The highest BCUT2D eigenvalue weighted by Crippen LogP contribution is 2.73. The molecule has 0 amide bonds. The number of Topliss-reactive ketones (excluding diaryl/α,β-unsaturated/α-hetero) is 2. The molecule has 0 saturated heterocycles. The highest BCUT2D eigenvalue weighted by molar-refractivity contribution is 6.02. The summed E-state index contributed by atoms with van der Waals surface area (Å²) >= 11 is 0. The van der Waals surface area contributed by atoms with E-state index in [1.807, 2.05) is 26.8 Å². The predicted octanol–water partition coefficient (Wildman–Crippen LogP) is 3.62. The van der Waals surface area contributed by atoms with Crippen molar-refractivity contribution >= 4 is 17.3 Å². The molecule has 4 aliphatic carbocycles. The Kier molecular flexibility index (Phi) is 6.01. The molecule has 2 fully saturated rings. The second-order valence-electron chi connectivity index (χ2n) is 13.9. The molecule has 0 aromatic heterocycles. The van der Waals surface area contributed by atoms with Crippen LogP contribution in [0.3, 0.4) is 0 Å². The molecular weight excluding hydrogens is 472 g/mol. The van der Waals surface area contributed by atoms with Crippen molar-refractivity contribution in [1.82, 2.24) is 0 Å². The molecule has 4 aliphatic rings. The zero-order chi connectivity index (χ0) is 28.1. The Labute approximate surface area is 219 Å². The Hall–Kier alpha value is -2.09. The van der Waals surface area contributed by atoms with Gasteiger partial charge >= 0.3 is 0 Å². The molecule has 2 saturated carbocycles. The van der Waals surface area contributed by atoms with Gasteiger partial charge in [-0.15, -0.1) is 0 Å². The minimum absolute atomic E-state index is 0.0453. The largest absolute Gasteiger partial charge is 0.505 e. The van der Waals surface area contributed by atoms with E-state index in [9.17, 15) is 34.8 Å². The third-order valence-corrected chi connectivity index (χ3v) is 10.8. The van der Waals surface area contributed by atoms with Crippen molar-refractivity contribution in [1.29, 1.82) is 0 Å². The number of hydrogen-bond acceptors (Lipinski definition) is 7. The lowest BCUT2D eigenvalue weighted by Crippen LogP contribution is -2.64. The van der Waals surface area contributed by atoms with Gasteiger partial charge in [0.05, 0.1) is 17.1 Å². The number of ketones is 3. The standard InChI is InChI=1S/C30H42O7/c1-25(2,36)12-11-21(33)30(8,37)23-19(32)14-27(5)20-10-9-16-17(13-18(31)24(35)26(16,3)4)29(20,7)22(34)15-28(23,27)6/h9,11-13,17,19-20,23,31-32,36-37H,10,14-15H2,1-8H3/t17?,19?,20?,23?,27-,28+,29-,30-/m0/s1. The summed E-state index contributed by atoms with van der Waals surface area (Å²) in [4.78, 5) is 40.1. The molecule has 0 radical (unpaired) electrons. The Bertz CT molecular complexity index is 1150. The lowest BCUT2D eigenvalue weighted by molar-refractivity contribution is -0.179. The molecule has 0 bridgehead atoms. The van der Waals surface area contributed by atoms with Crippen molar-refractivity contribution in [3.63, 3.8) is 0 Å². The van der Waals surface area contributed by atoms with Crippen LogP contribution in [0.15, 0.2) is 35.6 Å². The normalized spacial score (nSPS) is 42.9. The summed E-state index contributed by atoms with van der Waals surface area (Å²) in [7, 11) is 0. The molecule has 4 unspecified atom stereocenters. The van der Waals surface area contributed by atoms with Crippen molar-refractivity contribution < 1.29 is 34.8 Å². The molecule has 0 heterocycles. The summed E-state index contributed by atoms with van der Waals surface area (Å²) in [6.45, 7) is 13.8. The molecule has 8 atom stereocenters. The van der Waals surface area contributed by atoms with Gasteiger partial charge in [0.15, 0.2) is 11.5 Å². The van der Waals surface area contributed by atoms with Crippen molar-refractivity contribution in [3.8, 4) is 0 Å². The number of aliphatic hydroxyl groups excluding tert-OH is 2. The summed E-state index contributed by atoms with van der Waals surface area (Å²) in [5, 5.41) is 43.6. The average molecular weight is 515 g/mol. The van der Waals surface area contributed by atoms with E-state index < -0.39 is 56.6 Å². The van der Waals surface area contributed by atoms with Gasteiger partial charge in [0.25, 0.3) is 0 Å². The van der Waals surface area contributed by atoms with Crippen LogP contribution in [0, 0.1) is 39.4 Å². The quantitative estimate of drug-likeness (QED) is 0.333. The number of carbonyl (C=O) groups is 3. The van der Waals surface area contributed by atoms with Gasteiger partial charge in [-0.2, -0.15) is 0 Å². The fraction of sp³-hybridized carbons (Fsp3) is 0.700. The molecule has 37 heavy (non-hydrogen) atoms. The first-order valence-electron chi connectivity index (χ1n) is 13.2. The second kappa shape index (κ2) is 7.96. The summed E-state index contributed by atoms with van der Waals surface area (Å²) < 4.78 is 0. The van der Waals surface area contributed by atoms with E-state index in [1.54, 1.807) is 13.8 Å². The van der Waals surface area contributed by atoms with Gasteiger partial charge in [-0.25, -0.2) is 0 Å². The van der Waals surface area contributed by atoms with Gasteiger partial charge in [0.1, 0.15) is 11.4 Å². The molecule has 4 N–H and O–H groups in total. The third kappa shape index (κ3) is 3.60. The van der Waals surface area contributed by atoms with Gasteiger partial charge < -0.3 is 20.4 Å². The summed E-state index contributed by atoms with van der Waals surface area (Å²) in [6.07, 6.45) is 5.85. The number of allylic oxidation sites excluding steroid dienone is 4. The predicted molar refractivity (Wildman–Crippen MR) is 138 cm³/mol. The Morgan fingerprint density at radius 2 is 1.65 bits per heavy atom. The van der Waals surface area contributed by atoms with Crippen molar-refractivity contribution in [2.45, 2.75) is 92.0 Å². The highest BCUT2D eigenvalue weighted by atomic mass is 16.3. The van der Waals surface area contributed by atoms with E-state index >= 15 is 0 Å². The Morgan fingerprint density at radius 3 is 2.22 bits per heavy atom. The minimum Gasteiger partial charge on any atom is -0.505 e. The van der Waals surface area contributed by atoms with Crippen molar-refractivity contribution in [2.24, 2.45) is 39.4 Å². The third-order valence-electron chi connectivity index (χ3n) is 10.8. The molecule has 0 aromatic rings. The zero-order valence-corrected chi connectivity index (χ0v) is 23.3. The van der Waals surface area contributed by atoms with Crippen molar-refractivity contribution in [2.75, 3.05) is 0 Å². The fourth-order valence-corrected chi connectivity index (χ4v) is 8.58. The number of rotatable bonds is 4. The summed E-state index contributed by atoms with van der Waals surface area (Å²) in [5.74, 6) is -2.98. The first kappa shape index (κ1) is 27.9. The van der Waals surface area contributed by atoms with Crippen LogP contribution in [0.1, 0.15) is 74.7 Å². The first-order chi connectivity index (χ1) is 16.7. The van der Waals surface area contributed by atoms with Crippen LogP contribution in [0.2, 0.25) is 0 Å². The maximum absolute atomic E-state index is 14.2. The number of hydrogen-bond donors (Lipinski definition) is 4. The van der Waals surface area contributed by atoms with E-state index in [0.29, 0.717) is 12.8 Å². The Balaban J connectivity index is 1.82. The van der Waals surface area contributed by atoms with Crippen LogP contribution < -0.4 is 0 Å². The summed E-state index contributed by atoms with van der Waals surface area (Å²) in [6, 6.07) is 0. The lowest BCUT2D eigenvalue weighted by atomic mass is 9.39. The van der Waals surface area contributed by atoms with Gasteiger partial charge in [0.2, 0.25) is 5.78 Å². The molecule has 7 nitrogen and oxygen atoms in total. The smallest absolute Gasteiger partial charge is 0.206 e. The van der Waals surface area contributed by atoms with Crippen LogP contribution in [-0.2, 0) is 14.4 Å². The van der Waals surface area contributed by atoms with E-state index in [-0.39, 0.29) is 29.7 Å². The summed E-state index contributed by atoms with van der Waals surface area (Å²) in [5.41, 5.74) is -5.75. The molecule has 4 rings (SSSR count). The zero-order valence-electron chi connectivity index (χ0n) is 23.3. The van der Waals surface area contributed by atoms with Crippen LogP contribution >= 0.6 is 0 Å². The first-order valence-corrected chi connectivity index (χ1v) is 13.2. The number of carbonyl (C=O) groups excluding carboxylic acids is 3. The molecule has 0 aromatic carbocycles. The maximum Gasteiger partial charge on any atom is 0.206 e. The fourth-order valence-electron chi connectivity index (χ4n) is 8.58. The maximum atomic E-state index is 14.2. The van der Waals surface area contributed by atoms with Gasteiger partial charge in [-0.3, -0.25) is 14.4 Å². The molecule has 7 heteroatoms. The van der Waals surface area contributed by atoms with Crippen LogP contribution in [0.5, 0.6) is 0 Å². The van der Waals surface area contributed by atoms with E-state index in [0.717, 1.165) is 11.6 Å². The SMILES string of the molecule is CC(C)(O)C=CC(=O)[C@](C)(O)C1C(O)C[C@@]2(C)C3CC=C4C(C=C(O)C(=O)C4(C)C)[C@]3(C)C(=O)C[C@]12C. The molecule has 0 aliphatic heterocycles. The average Bonchev–Trinajstić information content (AvgIpc) is 2.96. The lowest BCUT2D eigenvalue weighted by Gasteiger charge is -2.63. The molecule has 204 valence electrons. The monoisotopic (exact) mass is 514 g/mol. The van der Waals surface area contributed by atoms with Gasteiger partial charge in [0, 0.05) is 23.7 Å². The van der Waals surface area contributed by atoms with Crippen molar-refractivity contribution in [3.05, 3.63) is 35.6 Å². The van der Waals surface area contributed by atoms with Gasteiger partial charge in [-0.05, 0) is 76.4 Å². The van der Waals surface area contributed by atoms with Crippen LogP contribution in [-0.4, -0.2) is 55.1 Å². The second-order valence-corrected chi connectivity index (χ2v) is 13.9. The minimum atomic E-state index is -1.96. The van der Waals surface area contributed by atoms with Crippen LogP contribution in [0.25, 0.3) is 0 Å². The van der Waals surface area contributed by atoms with Gasteiger partial charge in [-0.1, -0.05) is 38.5 Å². The Morgan fingerprint density at radius 1 is 1.05 bits per heavy atom. The molecular formula is C30H42O7. The van der Waals surface area contributed by atoms with E-state index in [2.05, 4.69) is 0 Å². The van der Waals surface area contributed by atoms with E-state index in [4.69, 9.17) is 0 Å². The molecule has 0 spiro atoms. The topological polar surface area (TPSA) is 132 Å². The number of fused-ring (bicyclic) bond motifs is 5. The number of aliphatic hydroxyl groups is 4.